The van der Waals surface area contributed by atoms with Gasteiger partial charge in [0.15, 0.2) is 11.5 Å². The second kappa shape index (κ2) is 9.22. The maximum atomic E-state index is 11.7. The molecule has 0 radical (unpaired) electrons. The van der Waals surface area contributed by atoms with Crippen molar-refractivity contribution in [1.29, 1.82) is 0 Å². The molecule has 0 aliphatic rings. The first kappa shape index (κ1) is 18.2. The summed E-state index contributed by atoms with van der Waals surface area (Å²) in [5.41, 5.74) is 0.709. The van der Waals surface area contributed by atoms with E-state index in [4.69, 9.17) is 18.9 Å². The smallest absolute Gasteiger partial charge is 0.330 e. The van der Waals surface area contributed by atoms with Crippen LogP contribution in [-0.4, -0.2) is 38.5 Å². The lowest BCUT2D eigenvalue weighted by molar-refractivity contribution is -0.138. The Balaban J connectivity index is 1.74. The van der Waals surface area contributed by atoms with Crippen LogP contribution in [0.5, 0.6) is 23.0 Å². The molecule has 0 atom stereocenters. The molecule has 2 aromatic rings. The molecule has 1 N–H and O–H groups in total. The number of aromatic hydroxyl groups is 1. The molecular weight excluding hydrogens is 324 g/mol. The molecule has 0 saturated heterocycles. The largest absolute Gasteiger partial charge is 0.504 e. The number of esters is 1. The fourth-order valence-corrected chi connectivity index (χ4v) is 1.98. The van der Waals surface area contributed by atoms with Gasteiger partial charge in [-0.25, -0.2) is 4.79 Å². The van der Waals surface area contributed by atoms with E-state index in [1.54, 1.807) is 49.6 Å². The summed E-state index contributed by atoms with van der Waals surface area (Å²) in [6.45, 7) is 0.382. The summed E-state index contributed by atoms with van der Waals surface area (Å²) >= 11 is 0. The van der Waals surface area contributed by atoms with Gasteiger partial charge < -0.3 is 24.1 Å². The predicted octanol–water partition coefficient (Wildman–Crippen LogP) is 3.04. The van der Waals surface area contributed by atoms with E-state index in [1.165, 1.54) is 19.3 Å². The molecule has 25 heavy (non-hydrogen) atoms. The average molecular weight is 344 g/mol. The number of phenolic OH excluding ortho intramolecular Hbond substituents is 1. The first-order valence-corrected chi connectivity index (χ1v) is 7.61. The van der Waals surface area contributed by atoms with Crippen molar-refractivity contribution in [1.82, 2.24) is 0 Å². The van der Waals surface area contributed by atoms with Crippen molar-refractivity contribution in [2.45, 2.75) is 0 Å². The SMILES string of the molecule is COc1ccc(OCCOC(=O)/C=C/c2ccc(O)c(OC)c2)cc1. The highest BCUT2D eigenvalue weighted by Crippen LogP contribution is 2.26. The van der Waals surface area contributed by atoms with Crippen LogP contribution in [0.2, 0.25) is 0 Å². The Morgan fingerprint density at radius 3 is 2.40 bits per heavy atom. The van der Waals surface area contributed by atoms with Crippen LogP contribution in [0.25, 0.3) is 6.08 Å². The summed E-state index contributed by atoms with van der Waals surface area (Å²) in [4.78, 5) is 11.7. The van der Waals surface area contributed by atoms with Crippen molar-refractivity contribution >= 4 is 12.0 Å². The molecule has 0 heterocycles. The van der Waals surface area contributed by atoms with E-state index in [1.807, 2.05) is 0 Å². The number of phenols is 1. The van der Waals surface area contributed by atoms with Crippen molar-refractivity contribution in [2.24, 2.45) is 0 Å². The third-order valence-electron chi connectivity index (χ3n) is 3.27. The van der Waals surface area contributed by atoms with Crippen LogP contribution in [0.4, 0.5) is 0 Å². The summed E-state index contributed by atoms with van der Waals surface area (Å²) in [7, 11) is 3.05. The molecule has 132 valence electrons. The molecule has 6 nitrogen and oxygen atoms in total. The summed E-state index contributed by atoms with van der Waals surface area (Å²) in [5.74, 6) is 1.31. The zero-order valence-electron chi connectivity index (χ0n) is 14.1. The molecule has 2 rings (SSSR count). The van der Waals surface area contributed by atoms with Gasteiger partial charge in [-0.1, -0.05) is 6.07 Å². The lowest BCUT2D eigenvalue weighted by Gasteiger charge is -2.07. The van der Waals surface area contributed by atoms with E-state index in [0.717, 1.165) is 5.75 Å². The molecule has 2 aromatic carbocycles. The topological polar surface area (TPSA) is 74.2 Å². The van der Waals surface area contributed by atoms with Crippen LogP contribution in [0.15, 0.2) is 48.5 Å². The fraction of sp³-hybridized carbons (Fsp3) is 0.211. The van der Waals surface area contributed by atoms with E-state index in [0.29, 0.717) is 17.1 Å². The van der Waals surface area contributed by atoms with Gasteiger partial charge >= 0.3 is 5.97 Å². The van der Waals surface area contributed by atoms with Crippen LogP contribution in [0, 0.1) is 0 Å². The lowest BCUT2D eigenvalue weighted by Crippen LogP contribution is -2.10. The van der Waals surface area contributed by atoms with Crippen LogP contribution >= 0.6 is 0 Å². The lowest BCUT2D eigenvalue weighted by atomic mass is 10.2. The Morgan fingerprint density at radius 1 is 1.00 bits per heavy atom. The zero-order chi connectivity index (χ0) is 18.1. The molecule has 0 saturated carbocycles. The molecule has 0 aromatic heterocycles. The number of carbonyl (C=O) groups excluding carboxylic acids is 1. The minimum Gasteiger partial charge on any atom is -0.504 e. The maximum Gasteiger partial charge on any atom is 0.330 e. The minimum absolute atomic E-state index is 0.0397. The highest BCUT2D eigenvalue weighted by atomic mass is 16.6. The molecule has 0 aliphatic heterocycles. The van der Waals surface area contributed by atoms with E-state index in [9.17, 15) is 9.90 Å². The van der Waals surface area contributed by atoms with Crippen molar-refractivity contribution in [2.75, 3.05) is 27.4 Å². The Kier molecular flexibility index (Phi) is 6.71. The van der Waals surface area contributed by atoms with Gasteiger partial charge in [-0.3, -0.25) is 0 Å². The van der Waals surface area contributed by atoms with Gasteiger partial charge in [0, 0.05) is 6.08 Å². The molecule has 0 amide bonds. The van der Waals surface area contributed by atoms with Crippen molar-refractivity contribution in [3.05, 3.63) is 54.1 Å². The summed E-state index contributed by atoms with van der Waals surface area (Å²) in [6, 6.07) is 11.9. The van der Waals surface area contributed by atoms with Gasteiger partial charge in [-0.15, -0.1) is 0 Å². The van der Waals surface area contributed by atoms with Gasteiger partial charge in [-0.2, -0.15) is 0 Å². The van der Waals surface area contributed by atoms with Gasteiger partial charge in [0.25, 0.3) is 0 Å². The van der Waals surface area contributed by atoms with E-state index in [2.05, 4.69) is 0 Å². The third-order valence-corrected chi connectivity index (χ3v) is 3.27. The monoisotopic (exact) mass is 344 g/mol. The first-order valence-electron chi connectivity index (χ1n) is 7.61. The number of carbonyl (C=O) groups is 1. The Labute approximate surface area is 146 Å². The molecule has 6 heteroatoms. The highest BCUT2D eigenvalue weighted by molar-refractivity contribution is 5.87. The van der Waals surface area contributed by atoms with Gasteiger partial charge in [0.2, 0.25) is 0 Å². The third kappa shape index (κ3) is 5.76. The molecule has 0 bridgehead atoms. The van der Waals surface area contributed by atoms with Crippen molar-refractivity contribution in [3.63, 3.8) is 0 Å². The fourth-order valence-electron chi connectivity index (χ4n) is 1.98. The predicted molar refractivity (Wildman–Crippen MR) is 93.1 cm³/mol. The van der Waals surface area contributed by atoms with Crippen LogP contribution in [0.1, 0.15) is 5.56 Å². The molecule has 0 unspecified atom stereocenters. The Bertz CT molecular complexity index is 721. The second-order valence-electron chi connectivity index (χ2n) is 4.96. The summed E-state index contributed by atoms with van der Waals surface area (Å²) in [6.07, 6.45) is 2.88. The zero-order valence-corrected chi connectivity index (χ0v) is 14.1. The number of benzene rings is 2. The summed E-state index contributed by atoms with van der Waals surface area (Å²) < 4.78 is 20.6. The quantitative estimate of drug-likeness (QED) is 0.451. The van der Waals surface area contributed by atoms with Crippen LogP contribution in [0.3, 0.4) is 0 Å². The second-order valence-corrected chi connectivity index (χ2v) is 4.96. The molecular formula is C19H20O6. The van der Waals surface area contributed by atoms with Crippen molar-refractivity contribution < 1.29 is 28.8 Å². The number of hydrogen-bond acceptors (Lipinski definition) is 6. The molecule has 0 spiro atoms. The Morgan fingerprint density at radius 2 is 1.72 bits per heavy atom. The number of methoxy groups -OCH3 is 2. The minimum atomic E-state index is -0.481. The normalized spacial score (nSPS) is 10.5. The Hall–Kier alpha value is -3.15. The maximum absolute atomic E-state index is 11.7. The van der Waals surface area contributed by atoms with E-state index in [-0.39, 0.29) is 19.0 Å². The van der Waals surface area contributed by atoms with Gasteiger partial charge in [0.1, 0.15) is 24.7 Å². The van der Waals surface area contributed by atoms with Crippen LogP contribution in [-0.2, 0) is 9.53 Å². The summed E-state index contributed by atoms with van der Waals surface area (Å²) in [5, 5.41) is 9.52. The van der Waals surface area contributed by atoms with E-state index < -0.39 is 5.97 Å². The molecule has 0 aliphatic carbocycles. The standard InChI is InChI=1S/C19H20O6/c1-22-15-5-7-16(8-6-15)24-11-12-25-19(21)10-4-14-3-9-17(20)18(13-14)23-2/h3-10,13,20H,11-12H2,1-2H3/b10-4+. The van der Waals surface area contributed by atoms with Crippen molar-refractivity contribution in [3.8, 4) is 23.0 Å². The van der Waals surface area contributed by atoms with Crippen LogP contribution < -0.4 is 14.2 Å². The van der Waals surface area contributed by atoms with E-state index >= 15 is 0 Å². The molecule has 0 fully saturated rings. The number of rotatable bonds is 8. The first-order chi connectivity index (χ1) is 12.1. The number of ether oxygens (including phenoxy) is 4. The average Bonchev–Trinajstić information content (AvgIpc) is 2.65. The van der Waals surface area contributed by atoms with Gasteiger partial charge in [-0.05, 0) is 48.0 Å². The number of hydrogen-bond donors (Lipinski definition) is 1. The van der Waals surface area contributed by atoms with Gasteiger partial charge in [0.05, 0.1) is 14.2 Å². The highest BCUT2D eigenvalue weighted by Gasteiger charge is 2.02.